The number of ether oxygens (including phenoxy) is 1. The number of aromatic hydroxyl groups is 1. The van der Waals surface area contributed by atoms with Gasteiger partial charge in [-0.05, 0) is 72.3 Å². The second-order valence-electron chi connectivity index (χ2n) is 6.41. The Morgan fingerprint density at radius 1 is 1.03 bits per heavy atom. The average molecular weight is 449 g/mol. The number of rotatable bonds is 4. The summed E-state index contributed by atoms with van der Waals surface area (Å²) in [6.45, 7) is 0. The van der Waals surface area contributed by atoms with E-state index in [-0.39, 0.29) is 11.7 Å². The van der Waals surface area contributed by atoms with Gasteiger partial charge in [-0.15, -0.1) is 0 Å². The third-order valence-corrected chi connectivity index (χ3v) is 4.96. The molecule has 0 saturated carbocycles. The third kappa shape index (κ3) is 3.93. The van der Waals surface area contributed by atoms with Crippen molar-refractivity contribution < 1.29 is 14.6 Å². The fourth-order valence-corrected chi connectivity index (χ4v) is 3.46. The maximum Gasteiger partial charge on any atom is 0.282 e. The molecule has 5 nitrogen and oxygen atoms in total. The highest BCUT2D eigenvalue weighted by Crippen LogP contribution is 2.29. The summed E-state index contributed by atoms with van der Waals surface area (Å²) in [7, 11) is 1.60. The topological polar surface area (TPSA) is 62.1 Å². The molecule has 0 saturated heterocycles. The molecule has 3 aromatic carbocycles. The van der Waals surface area contributed by atoms with Gasteiger partial charge in [0.25, 0.3) is 5.91 Å². The fraction of sp³-hybridized carbons (Fsp3) is 0.0435. The van der Waals surface area contributed by atoms with E-state index in [0.717, 1.165) is 21.3 Å². The molecule has 1 amide bonds. The zero-order valence-electron chi connectivity index (χ0n) is 15.5. The number of carbonyl (C=O) groups is 1. The van der Waals surface area contributed by atoms with Crippen LogP contribution in [-0.2, 0) is 4.79 Å². The molecule has 1 N–H and O–H groups in total. The lowest BCUT2D eigenvalue weighted by Gasteiger charge is -2.18. The number of hydrogen-bond acceptors (Lipinski definition) is 4. The SMILES string of the molecule is COc1ccc(C2=N/C(=C/c3cccc(Br)c3)C(=O)N2c2ccc(O)cc2)cc1. The highest BCUT2D eigenvalue weighted by atomic mass is 79.9. The van der Waals surface area contributed by atoms with Crippen LogP contribution in [-0.4, -0.2) is 24.0 Å². The van der Waals surface area contributed by atoms with Gasteiger partial charge in [-0.1, -0.05) is 28.1 Å². The Balaban J connectivity index is 1.81. The summed E-state index contributed by atoms with van der Waals surface area (Å²) in [5, 5.41) is 9.62. The third-order valence-electron chi connectivity index (χ3n) is 4.47. The molecule has 1 aliphatic heterocycles. The Kier molecular flexibility index (Phi) is 5.18. The lowest BCUT2D eigenvalue weighted by atomic mass is 10.1. The Morgan fingerprint density at radius 3 is 2.41 bits per heavy atom. The van der Waals surface area contributed by atoms with E-state index in [2.05, 4.69) is 20.9 Å². The molecule has 1 heterocycles. The molecule has 0 atom stereocenters. The molecule has 144 valence electrons. The van der Waals surface area contributed by atoms with Gasteiger partial charge in [-0.25, -0.2) is 4.99 Å². The average Bonchev–Trinajstić information content (AvgIpc) is 3.05. The van der Waals surface area contributed by atoms with Crippen LogP contribution in [0.5, 0.6) is 11.5 Å². The molecule has 0 aromatic heterocycles. The Hall–Kier alpha value is -3.38. The summed E-state index contributed by atoms with van der Waals surface area (Å²) >= 11 is 3.45. The number of carbonyl (C=O) groups excluding carboxylic acids is 1. The first-order valence-corrected chi connectivity index (χ1v) is 9.68. The molecule has 6 heteroatoms. The predicted octanol–water partition coefficient (Wildman–Crippen LogP) is 5.00. The van der Waals surface area contributed by atoms with E-state index < -0.39 is 0 Å². The van der Waals surface area contributed by atoms with Crippen LogP contribution in [0, 0.1) is 0 Å². The largest absolute Gasteiger partial charge is 0.508 e. The van der Waals surface area contributed by atoms with E-state index in [0.29, 0.717) is 17.2 Å². The number of aliphatic imine (C=N–C) groups is 1. The second kappa shape index (κ2) is 7.93. The highest BCUT2D eigenvalue weighted by Gasteiger charge is 2.32. The number of phenolic OH excluding ortho intramolecular Hbond substituents is 1. The van der Waals surface area contributed by atoms with E-state index >= 15 is 0 Å². The maximum absolute atomic E-state index is 13.2. The molecule has 0 bridgehead atoms. The van der Waals surface area contributed by atoms with E-state index in [4.69, 9.17) is 4.74 Å². The van der Waals surface area contributed by atoms with Gasteiger partial charge < -0.3 is 9.84 Å². The van der Waals surface area contributed by atoms with Crippen molar-refractivity contribution in [2.75, 3.05) is 12.0 Å². The minimum atomic E-state index is -0.235. The summed E-state index contributed by atoms with van der Waals surface area (Å²) in [6.07, 6.45) is 1.76. The van der Waals surface area contributed by atoms with Crippen molar-refractivity contribution in [1.29, 1.82) is 0 Å². The number of halogens is 1. The van der Waals surface area contributed by atoms with Gasteiger partial charge in [0.05, 0.1) is 12.8 Å². The molecular weight excluding hydrogens is 432 g/mol. The second-order valence-corrected chi connectivity index (χ2v) is 7.32. The first-order chi connectivity index (χ1) is 14.0. The van der Waals surface area contributed by atoms with Gasteiger partial charge in [-0.3, -0.25) is 9.69 Å². The molecule has 29 heavy (non-hydrogen) atoms. The monoisotopic (exact) mass is 448 g/mol. The van der Waals surface area contributed by atoms with Crippen molar-refractivity contribution in [3.63, 3.8) is 0 Å². The van der Waals surface area contributed by atoms with Gasteiger partial charge >= 0.3 is 0 Å². The zero-order chi connectivity index (χ0) is 20.4. The highest BCUT2D eigenvalue weighted by molar-refractivity contribution is 9.10. The number of amidine groups is 1. The van der Waals surface area contributed by atoms with Gasteiger partial charge in [0.15, 0.2) is 0 Å². The smallest absolute Gasteiger partial charge is 0.282 e. The Labute approximate surface area is 176 Å². The van der Waals surface area contributed by atoms with Crippen LogP contribution in [0.25, 0.3) is 6.08 Å². The Bertz CT molecular complexity index is 1120. The number of amides is 1. The van der Waals surface area contributed by atoms with Gasteiger partial charge in [0.2, 0.25) is 0 Å². The van der Waals surface area contributed by atoms with Crippen LogP contribution < -0.4 is 9.64 Å². The van der Waals surface area contributed by atoms with E-state index in [1.165, 1.54) is 0 Å². The first-order valence-electron chi connectivity index (χ1n) is 8.89. The minimum absolute atomic E-state index is 0.133. The van der Waals surface area contributed by atoms with Crippen LogP contribution in [0.3, 0.4) is 0 Å². The van der Waals surface area contributed by atoms with Crippen LogP contribution in [0.4, 0.5) is 5.69 Å². The van der Waals surface area contributed by atoms with Crippen LogP contribution in [0.15, 0.2) is 88.0 Å². The molecule has 3 aromatic rings. The van der Waals surface area contributed by atoms with Crippen molar-refractivity contribution in [1.82, 2.24) is 0 Å². The van der Waals surface area contributed by atoms with Gasteiger partial charge in [0.1, 0.15) is 23.0 Å². The molecule has 0 spiro atoms. The summed E-state index contributed by atoms with van der Waals surface area (Å²) in [6, 6.07) is 21.5. The van der Waals surface area contributed by atoms with Crippen molar-refractivity contribution >= 4 is 39.4 Å². The van der Waals surface area contributed by atoms with Crippen LogP contribution in [0.1, 0.15) is 11.1 Å². The van der Waals surface area contributed by atoms with E-state index in [9.17, 15) is 9.90 Å². The number of hydrogen-bond donors (Lipinski definition) is 1. The summed E-state index contributed by atoms with van der Waals surface area (Å²) in [4.78, 5) is 19.4. The molecule has 0 unspecified atom stereocenters. The number of methoxy groups -OCH3 is 1. The minimum Gasteiger partial charge on any atom is -0.508 e. The summed E-state index contributed by atoms with van der Waals surface area (Å²) in [5.74, 6) is 1.14. The van der Waals surface area contributed by atoms with Crippen molar-refractivity contribution in [2.24, 2.45) is 4.99 Å². The number of nitrogens with zero attached hydrogens (tertiary/aromatic N) is 2. The number of anilines is 1. The lowest BCUT2D eigenvalue weighted by Crippen LogP contribution is -2.32. The molecular formula is C23H17BrN2O3. The molecule has 1 aliphatic rings. The number of benzene rings is 3. The molecule has 0 radical (unpaired) electrons. The first kappa shape index (κ1) is 19.0. The van der Waals surface area contributed by atoms with Crippen molar-refractivity contribution in [2.45, 2.75) is 0 Å². The van der Waals surface area contributed by atoms with Gasteiger partial charge in [-0.2, -0.15) is 0 Å². The van der Waals surface area contributed by atoms with E-state index in [1.807, 2.05) is 48.5 Å². The van der Waals surface area contributed by atoms with Crippen molar-refractivity contribution in [3.05, 3.63) is 94.1 Å². The predicted molar refractivity (Wildman–Crippen MR) is 117 cm³/mol. The maximum atomic E-state index is 13.2. The normalized spacial score (nSPS) is 15.0. The van der Waals surface area contributed by atoms with Crippen LogP contribution in [0.2, 0.25) is 0 Å². The molecule has 0 aliphatic carbocycles. The fourth-order valence-electron chi connectivity index (χ4n) is 3.05. The van der Waals surface area contributed by atoms with Crippen molar-refractivity contribution in [3.8, 4) is 11.5 Å². The molecule has 0 fully saturated rings. The standard InChI is InChI=1S/C23H17BrN2O3/c1-29-20-11-5-16(6-12-20)22-25-21(14-15-3-2-4-17(24)13-15)23(28)26(22)18-7-9-19(27)10-8-18/h2-14,27H,1H3/b21-14+. The Morgan fingerprint density at radius 2 is 1.76 bits per heavy atom. The summed E-state index contributed by atoms with van der Waals surface area (Å²) in [5.41, 5.74) is 2.61. The van der Waals surface area contributed by atoms with E-state index in [1.54, 1.807) is 42.4 Å². The quantitative estimate of drug-likeness (QED) is 0.571. The zero-order valence-corrected chi connectivity index (χ0v) is 17.1. The molecule has 4 rings (SSSR count). The van der Waals surface area contributed by atoms with Crippen LogP contribution >= 0.6 is 15.9 Å². The number of phenols is 1. The summed E-state index contributed by atoms with van der Waals surface area (Å²) < 4.78 is 6.15. The van der Waals surface area contributed by atoms with Gasteiger partial charge in [0, 0.05) is 10.0 Å². The lowest BCUT2D eigenvalue weighted by molar-refractivity contribution is -0.113.